The van der Waals surface area contributed by atoms with Crippen molar-refractivity contribution in [2.24, 2.45) is 0 Å². The van der Waals surface area contributed by atoms with Crippen molar-refractivity contribution < 1.29 is 0 Å². The molecule has 1 unspecified atom stereocenters. The van der Waals surface area contributed by atoms with Crippen molar-refractivity contribution in [2.75, 3.05) is 6.54 Å². The summed E-state index contributed by atoms with van der Waals surface area (Å²) in [6, 6.07) is 20.1. The Morgan fingerprint density at radius 2 is 1.79 bits per heavy atom. The standard InChI is InChI=1S/C21H21NS2/c1-15(19-14-23-21-11-5-3-9-18(19)21)22-12-6-8-17-13-16-7-2-4-10-20(16)24-17/h2-5,7,9-11,13-15,22H,6,8,12H2,1H3. The average molecular weight is 352 g/mol. The Morgan fingerprint density at radius 3 is 2.67 bits per heavy atom. The highest BCUT2D eigenvalue weighted by atomic mass is 32.1. The zero-order valence-electron chi connectivity index (χ0n) is 13.8. The van der Waals surface area contributed by atoms with Crippen LogP contribution in [0.2, 0.25) is 0 Å². The molecule has 1 nitrogen and oxygen atoms in total. The van der Waals surface area contributed by atoms with E-state index >= 15 is 0 Å². The van der Waals surface area contributed by atoms with E-state index in [1.54, 1.807) is 0 Å². The Hall–Kier alpha value is -1.68. The maximum atomic E-state index is 3.69. The van der Waals surface area contributed by atoms with Crippen LogP contribution in [0.15, 0.2) is 60.0 Å². The summed E-state index contributed by atoms with van der Waals surface area (Å²) in [6.07, 6.45) is 2.34. The smallest absolute Gasteiger partial charge is 0.0346 e. The molecule has 4 rings (SSSR count). The maximum Gasteiger partial charge on any atom is 0.0346 e. The summed E-state index contributed by atoms with van der Waals surface area (Å²) in [5.74, 6) is 0. The highest BCUT2D eigenvalue weighted by Crippen LogP contribution is 2.30. The Balaban J connectivity index is 1.33. The molecule has 1 N–H and O–H groups in total. The molecule has 2 heterocycles. The first-order valence-electron chi connectivity index (χ1n) is 8.48. The largest absolute Gasteiger partial charge is 0.310 e. The summed E-state index contributed by atoms with van der Waals surface area (Å²) in [7, 11) is 0. The van der Waals surface area contributed by atoms with Gasteiger partial charge in [-0.3, -0.25) is 0 Å². The van der Waals surface area contributed by atoms with E-state index < -0.39 is 0 Å². The Labute approximate surface area is 151 Å². The number of hydrogen-bond acceptors (Lipinski definition) is 3. The number of rotatable bonds is 6. The molecule has 0 bridgehead atoms. The molecule has 122 valence electrons. The van der Waals surface area contributed by atoms with Crippen molar-refractivity contribution in [3.8, 4) is 0 Å². The molecule has 1 atom stereocenters. The van der Waals surface area contributed by atoms with Crippen molar-refractivity contribution in [3.05, 3.63) is 70.4 Å². The molecule has 0 saturated carbocycles. The molecule has 0 spiro atoms. The number of benzene rings is 2. The van der Waals surface area contributed by atoms with Gasteiger partial charge in [-0.2, -0.15) is 0 Å². The summed E-state index contributed by atoms with van der Waals surface area (Å²) >= 11 is 3.77. The van der Waals surface area contributed by atoms with Gasteiger partial charge in [0.15, 0.2) is 0 Å². The van der Waals surface area contributed by atoms with Gasteiger partial charge in [-0.1, -0.05) is 36.4 Å². The molecule has 0 amide bonds. The van der Waals surface area contributed by atoms with Crippen molar-refractivity contribution in [2.45, 2.75) is 25.8 Å². The molecule has 24 heavy (non-hydrogen) atoms. The lowest BCUT2D eigenvalue weighted by atomic mass is 10.1. The van der Waals surface area contributed by atoms with Gasteiger partial charge >= 0.3 is 0 Å². The van der Waals surface area contributed by atoms with E-state index in [9.17, 15) is 0 Å². The third kappa shape index (κ3) is 3.25. The van der Waals surface area contributed by atoms with Gasteiger partial charge in [0.2, 0.25) is 0 Å². The SMILES string of the molecule is CC(NCCCc1cc2ccccc2s1)c1csc2ccccc12. The molecule has 4 aromatic rings. The van der Waals surface area contributed by atoms with Gasteiger partial charge in [-0.15, -0.1) is 22.7 Å². The second-order valence-electron chi connectivity index (χ2n) is 6.22. The molecule has 0 aliphatic heterocycles. The fraction of sp³-hybridized carbons (Fsp3) is 0.238. The van der Waals surface area contributed by atoms with Crippen LogP contribution in [0.25, 0.3) is 20.2 Å². The van der Waals surface area contributed by atoms with Crippen molar-refractivity contribution in [1.29, 1.82) is 0 Å². The van der Waals surface area contributed by atoms with E-state index in [0.717, 1.165) is 13.0 Å². The zero-order valence-corrected chi connectivity index (χ0v) is 15.4. The molecule has 0 saturated heterocycles. The number of hydrogen-bond donors (Lipinski definition) is 1. The Kier molecular flexibility index (Phi) is 4.65. The summed E-state index contributed by atoms with van der Waals surface area (Å²) in [4.78, 5) is 1.49. The minimum Gasteiger partial charge on any atom is -0.310 e. The summed E-state index contributed by atoms with van der Waals surface area (Å²) in [6.45, 7) is 3.33. The van der Waals surface area contributed by atoms with Crippen LogP contribution in [0.3, 0.4) is 0 Å². The Bertz CT molecular complexity index is 917. The van der Waals surface area contributed by atoms with E-state index in [1.807, 2.05) is 22.7 Å². The van der Waals surface area contributed by atoms with Gasteiger partial charge in [0, 0.05) is 20.3 Å². The lowest BCUT2D eigenvalue weighted by Crippen LogP contribution is -2.19. The van der Waals surface area contributed by atoms with Crippen LogP contribution in [-0.2, 0) is 6.42 Å². The van der Waals surface area contributed by atoms with E-state index in [4.69, 9.17) is 0 Å². The van der Waals surface area contributed by atoms with Crippen LogP contribution in [0.1, 0.15) is 29.8 Å². The van der Waals surface area contributed by atoms with Crippen molar-refractivity contribution in [3.63, 3.8) is 0 Å². The van der Waals surface area contributed by atoms with Crippen LogP contribution < -0.4 is 5.32 Å². The molecule has 0 radical (unpaired) electrons. The monoisotopic (exact) mass is 351 g/mol. The van der Waals surface area contributed by atoms with E-state index in [-0.39, 0.29) is 0 Å². The zero-order chi connectivity index (χ0) is 16.4. The number of fused-ring (bicyclic) bond motifs is 2. The predicted molar refractivity (Wildman–Crippen MR) is 108 cm³/mol. The molecule has 0 fully saturated rings. The number of nitrogens with one attached hydrogen (secondary N) is 1. The van der Waals surface area contributed by atoms with E-state index in [0.29, 0.717) is 6.04 Å². The third-order valence-electron chi connectivity index (χ3n) is 4.50. The lowest BCUT2D eigenvalue weighted by molar-refractivity contribution is 0.563. The van der Waals surface area contributed by atoms with Crippen molar-refractivity contribution >= 4 is 42.8 Å². The first-order valence-corrected chi connectivity index (χ1v) is 10.2. The third-order valence-corrected chi connectivity index (χ3v) is 6.66. The second kappa shape index (κ2) is 7.06. The van der Waals surface area contributed by atoms with Crippen LogP contribution in [0, 0.1) is 0 Å². The van der Waals surface area contributed by atoms with Crippen molar-refractivity contribution in [1.82, 2.24) is 5.32 Å². The minimum absolute atomic E-state index is 0.406. The fourth-order valence-corrected chi connectivity index (χ4v) is 5.35. The first-order chi connectivity index (χ1) is 11.8. The molecule has 0 aliphatic rings. The fourth-order valence-electron chi connectivity index (χ4n) is 3.18. The molecular formula is C21H21NS2. The summed E-state index contributed by atoms with van der Waals surface area (Å²) in [5.41, 5.74) is 1.43. The Morgan fingerprint density at radius 1 is 1.00 bits per heavy atom. The van der Waals surface area contributed by atoms with Crippen LogP contribution in [-0.4, -0.2) is 6.54 Å². The molecule has 3 heteroatoms. The summed E-state index contributed by atoms with van der Waals surface area (Å²) in [5, 5.41) is 8.77. The van der Waals surface area contributed by atoms with E-state index in [2.05, 4.69) is 72.2 Å². The summed E-state index contributed by atoms with van der Waals surface area (Å²) < 4.78 is 2.78. The quantitative estimate of drug-likeness (QED) is 0.396. The topological polar surface area (TPSA) is 12.0 Å². The maximum absolute atomic E-state index is 3.69. The molecule has 2 aromatic carbocycles. The van der Waals surface area contributed by atoms with Gasteiger partial charge in [0.1, 0.15) is 0 Å². The number of thiophene rings is 2. The first kappa shape index (κ1) is 15.8. The number of aryl methyl sites for hydroxylation is 1. The van der Waals surface area contributed by atoms with Crippen LogP contribution >= 0.6 is 22.7 Å². The average Bonchev–Trinajstić information content (AvgIpc) is 3.22. The normalized spacial score (nSPS) is 12.9. The predicted octanol–water partition coefficient (Wildman–Crippen LogP) is 6.40. The molecule has 2 aromatic heterocycles. The molecular weight excluding hydrogens is 330 g/mol. The van der Waals surface area contributed by atoms with E-state index in [1.165, 1.54) is 37.0 Å². The second-order valence-corrected chi connectivity index (χ2v) is 8.30. The van der Waals surface area contributed by atoms with Gasteiger partial charge in [0.25, 0.3) is 0 Å². The van der Waals surface area contributed by atoms with Gasteiger partial charge in [0.05, 0.1) is 0 Å². The minimum atomic E-state index is 0.406. The highest BCUT2D eigenvalue weighted by molar-refractivity contribution is 7.19. The lowest BCUT2D eigenvalue weighted by Gasteiger charge is -2.13. The highest BCUT2D eigenvalue weighted by Gasteiger charge is 2.10. The van der Waals surface area contributed by atoms with Gasteiger partial charge in [-0.05, 0) is 66.2 Å². The van der Waals surface area contributed by atoms with Gasteiger partial charge < -0.3 is 5.32 Å². The van der Waals surface area contributed by atoms with Crippen LogP contribution in [0.5, 0.6) is 0 Å². The molecule has 0 aliphatic carbocycles. The van der Waals surface area contributed by atoms with Crippen LogP contribution in [0.4, 0.5) is 0 Å². The van der Waals surface area contributed by atoms with Gasteiger partial charge in [-0.25, -0.2) is 0 Å².